The van der Waals surface area contributed by atoms with Crippen molar-refractivity contribution in [3.05, 3.63) is 195 Å². The summed E-state index contributed by atoms with van der Waals surface area (Å²) in [6, 6.07) is 31.8. The average Bonchev–Trinajstić information content (AvgIpc) is 3.93. The van der Waals surface area contributed by atoms with Crippen LogP contribution in [0.2, 0.25) is 0 Å². The summed E-state index contributed by atoms with van der Waals surface area (Å²) in [6.07, 6.45) is 3.53. The molecular formula is C58H56N8O8S2. The molecule has 1 unspecified atom stereocenters. The molecule has 18 heteroatoms. The number of hydrogen-bond donors (Lipinski definition) is 4. The van der Waals surface area contributed by atoms with Gasteiger partial charge in [0.2, 0.25) is 0 Å². The smallest absolute Gasteiger partial charge is 0.340 e. The van der Waals surface area contributed by atoms with E-state index in [1.165, 1.54) is 20.9 Å². The van der Waals surface area contributed by atoms with Gasteiger partial charge < -0.3 is 30.1 Å². The van der Waals surface area contributed by atoms with Crippen molar-refractivity contribution < 1.29 is 19.1 Å². The van der Waals surface area contributed by atoms with Crippen LogP contribution < -0.4 is 31.5 Å². The fraction of sp³-hybridized carbons (Fsp3) is 0.241. The van der Waals surface area contributed by atoms with Gasteiger partial charge in [-0.05, 0) is 141 Å². The number of carbonyl (C=O) groups excluding carboxylic acids is 2. The molecule has 4 N–H and O–H groups in total. The van der Waals surface area contributed by atoms with Crippen LogP contribution in [0.1, 0.15) is 110 Å². The molecule has 0 amide bonds. The maximum atomic E-state index is 13.2. The molecule has 76 heavy (non-hydrogen) atoms. The third-order valence-electron chi connectivity index (χ3n) is 12.1. The van der Waals surface area contributed by atoms with Gasteiger partial charge in [0.15, 0.2) is 0 Å². The fourth-order valence-corrected chi connectivity index (χ4v) is 10.2. The topological polar surface area (TPSA) is 211 Å². The Bertz CT molecular complexity index is 3890. The molecule has 2 atom stereocenters. The molecule has 10 aromatic rings. The molecule has 0 fully saturated rings. The molecule has 16 nitrogen and oxygen atoms in total. The van der Waals surface area contributed by atoms with Gasteiger partial charge in [-0.3, -0.25) is 28.0 Å². The minimum atomic E-state index is -0.622. The highest BCUT2D eigenvalue weighted by atomic mass is 32.1. The maximum Gasteiger partial charge on any atom is 0.340 e. The second kappa shape index (κ2) is 20.7. The molecular weight excluding hydrogens is 1000 g/mol. The van der Waals surface area contributed by atoms with Crippen molar-refractivity contribution in [1.29, 1.82) is 0 Å². The van der Waals surface area contributed by atoms with E-state index in [1.54, 1.807) is 36.7 Å². The third-order valence-corrected chi connectivity index (χ3v) is 13.8. The van der Waals surface area contributed by atoms with Gasteiger partial charge in [0.25, 0.3) is 11.1 Å². The second-order valence-electron chi connectivity index (χ2n) is 20.6. The summed E-state index contributed by atoms with van der Waals surface area (Å²) in [5.41, 5.74) is 8.73. The molecule has 0 saturated heterocycles. The molecule has 0 aliphatic rings. The Kier molecular flexibility index (Phi) is 14.3. The second-order valence-corrected chi connectivity index (χ2v) is 22.6. The summed E-state index contributed by atoms with van der Waals surface area (Å²) in [4.78, 5) is 90.7. The van der Waals surface area contributed by atoms with Crippen molar-refractivity contribution >= 4 is 77.7 Å². The highest BCUT2D eigenvalue weighted by Gasteiger charge is 2.24. The van der Waals surface area contributed by atoms with Crippen LogP contribution in [0.3, 0.4) is 0 Å². The number of hydrogen-bond acceptors (Lipinski definition) is 14. The number of aromatic nitrogens is 6. The van der Waals surface area contributed by atoms with Crippen molar-refractivity contribution in [3.8, 4) is 22.5 Å². The number of para-hydroxylation sites is 2. The van der Waals surface area contributed by atoms with Crippen LogP contribution >= 0.6 is 22.7 Å². The number of aromatic amines is 2. The van der Waals surface area contributed by atoms with Crippen molar-refractivity contribution in [2.24, 2.45) is 0 Å². The number of ether oxygens (including phenoxy) is 2. The number of nitrogens with zero attached hydrogens (tertiary/aromatic N) is 4. The Morgan fingerprint density at radius 2 is 0.934 bits per heavy atom. The SMILES string of the molecule is Cc1cc(C(C)Nc2ccccc2C(=O)OC(C)(C)C)c2nc(-c3ccc4sc(=O)[nH]c4c3)cc(=O)n2c1.Cc1cc([C@H](C)Nc2ccccc2C(=O)OC(C)(C)C)c2nc(-c3ccc4sc(=O)[nH]c4c3)cc(=O)n2c1. The molecule has 6 aromatic heterocycles. The molecule has 6 heterocycles. The molecule has 0 aliphatic heterocycles. The lowest BCUT2D eigenvalue weighted by Crippen LogP contribution is -2.25. The van der Waals surface area contributed by atoms with Crippen molar-refractivity contribution in [2.45, 2.75) is 92.5 Å². The van der Waals surface area contributed by atoms with Crippen molar-refractivity contribution in [1.82, 2.24) is 28.7 Å². The summed E-state index contributed by atoms with van der Waals surface area (Å²) in [5.74, 6) is -0.833. The first-order valence-electron chi connectivity index (χ1n) is 24.5. The van der Waals surface area contributed by atoms with E-state index >= 15 is 0 Å². The van der Waals surface area contributed by atoms with Gasteiger partial charge >= 0.3 is 21.7 Å². The summed E-state index contributed by atoms with van der Waals surface area (Å²) >= 11 is 2.28. The van der Waals surface area contributed by atoms with Crippen LogP contribution in [0, 0.1) is 13.8 Å². The van der Waals surface area contributed by atoms with Gasteiger partial charge in [-0.1, -0.05) is 59.1 Å². The molecule has 4 aromatic carbocycles. The van der Waals surface area contributed by atoms with Gasteiger partial charge in [0.05, 0.1) is 55.0 Å². The Labute approximate surface area is 444 Å². The molecule has 0 radical (unpaired) electrons. The van der Waals surface area contributed by atoms with Crippen molar-refractivity contribution in [2.75, 3.05) is 10.6 Å². The third kappa shape index (κ3) is 11.6. The predicted molar refractivity (Wildman–Crippen MR) is 303 cm³/mol. The lowest BCUT2D eigenvalue weighted by Gasteiger charge is -2.23. The van der Waals surface area contributed by atoms with Gasteiger partial charge in [-0.2, -0.15) is 0 Å². The van der Waals surface area contributed by atoms with Crippen LogP contribution in [-0.2, 0) is 9.47 Å². The minimum absolute atomic E-state index is 0.131. The zero-order valence-electron chi connectivity index (χ0n) is 43.6. The number of carbonyl (C=O) groups is 2. The minimum Gasteiger partial charge on any atom is -0.456 e. The standard InChI is InChI=1S/2C29H28N4O4S/c2*1-16-12-20(17(2)30-21-9-7-6-8-19(21)27(35)37-29(3,4)5)26-31-22(14-25(34)33(26)15-16)18-10-11-24-23(13-18)32-28(36)38-24/h2*6-15,17,30H,1-5H3,(H,32,36)/t17-;/m0./s1. The highest BCUT2D eigenvalue weighted by Crippen LogP contribution is 2.31. The number of pyridine rings is 2. The zero-order chi connectivity index (χ0) is 54.4. The van der Waals surface area contributed by atoms with E-state index in [1.807, 2.05) is 142 Å². The maximum absolute atomic E-state index is 13.2. The number of aryl methyl sites for hydroxylation is 2. The predicted octanol–water partition coefficient (Wildman–Crippen LogP) is 11.4. The summed E-state index contributed by atoms with van der Waals surface area (Å²) in [5, 5.41) is 6.85. The number of anilines is 2. The molecule has 10 rings (SSSR count). The Hall–Kier alpha value is -8.48. The van der Waals surface area contributed by atoms with Gasteiger partial charge in [-0.25, -0.2) is 19.6 Å². The number of thiazole rings is 2. The monoisotopic (exact) mass is 1060 g/mol. The van der Waals surface area contributed by atoms with Crippen LogP contribution in [0.4, 0.5) is 11.4 Å². The van der Waals surface area contributed by atoms with E-state index in [9.17, 15) is 28.8 Å². The summed E-state index contributed by atoms with van der Waals surface area (Å²) in [7, 11) is 0. The Morgan fingerprint density at radius 3 is 1.32 bits per heavy atom. The number of rotatable bonds is 10. The largest absolute Gasteiger partial charge is 0.456 e. The first kappa shape index (κ1) is 52.4. The van der Waals surface area contributed by atoms with Gasteiger partial charge in [0, 0.05) is 58.2 Å². The first-order valence-corrected chi connectivity index (χ1v) is 26.1. The van der Waals surface area contributed by atoms with Crippen LogP contribution in [-0.4, -0.2) is 51.9 Å². The zero-order valence-corrected chi connectivity index (χ0v) is 45.2. The van der Waals surface area contributed by atoms with E-state index in [4.69, 9.17) is 19.4 Å². The normalized spacial score (nSPS) is 12.6. The van der Waals surface area contributed by atoms with Crippen molar-refractivity contribution in [3.63, 3.8) is 0 Å². The fourth-order valence-electron chi connectivity index (χ4n) is 8.76. The summed E-state index contributed by atoms with van der Waals surface area (Å²) < 4.78 is 16.0. The van der Waals surface area contributed by atoms with Crippen LogP contribution in [0.5, 0.6) is 0 Å². The lowest BCUT2D eigenvalue weighted by molar-refractivity contribution is 0.00580. The molecule has 0 bridgehead atoms. The van der Waals surface area contributed by atoms with E-state index in [-0.39, 0.29) is 32.9 Å². The molecule has 0 spiro atoms. The number of nitrogens with one attached hydrogen (secondary N) is 4. The van der Waals surface area contributed by atoms with E-state index in [2.05, 4.69) is 20.6 Å². The van der Waals surface area contributed by atoms with Crippen LogP contribution in [0.25, 0.3) is 54.2 Å². The average molecular weight is 1060 g/mol. The Balaban J connectivity index is 0.000000186. The highest BCUT2D eigenvalue weighted by molar-refractivity contribution is 7.16. The van der Waals surface area contributed by atoms with Gasteiger partial charge in [-0.15, -0.1) is 0 Å². The van der Waals surface area contributed by atoms with E-state index in [0.717, 1.165) is 65.5 Å². The first-order chi connectivity index (χ1) is 36.0. The number of esters is 2. The molecule has 0 aliphatic carbocycles. The lowest BCUT2D eigenvalue weighted by atomic mass is 10.1. The van der Waals surface area contributed by atoms with E-state index in [0.29, 0.717) is 56.2 Å². The van der Waals surface area contributed by atoms with Crippen LogP contribution in [0.15, 0.2) is 141 Å². The van der Waals surface area contributed by atoms with E-state index < -0.39 is 23.1 Å². The molecule has 0 saturated carbocycles. The number of H-pyrrole nitrogens is 2. The van der Waals surface area contributed by atoms with Gasteiger partial charge in [0.1, 0.15) is 22.5 Å². The quantitative estimate of drug-likeness (QED) is 0.0943. The summed E-state index contributed by atoms with van der Waals surface area (Å²) in [6.45, 7) is 18.7. The Morgan fingerprint density at radius 1 is 0.553 bits per heavy atom. The number of benzene rings is 4. The molecule has 388 valence electrons. The number of fused-ring (bicyclic) bond motifs is 4.